The summed E-state index contributed by atoms with van der Waals surface area (Å²) in [7, 11) is 2.50. The molecule has 2 saturated heterocycles. The number of amides is 4. The predicted octanol–water partition coefficient (Wildman–Crippen LogP) is 8.96. The normalized spacial score (nSPS) is 17.0. The minimum absolute atomic E-state index is 0.297. The van der Waals surface area contributed by atoms with E-state index in [4.69, 9.17) is 32.7 Å². The Labute approximate surface area is 368 Å². The molecule has 14 nitrogen and oxygen atoms in total. The highest BCUT2D eigenvalue weighted by molar-refractivity contribution is 6.32. The smallest absolute Gasteiger partial charge is 0.407 e. The van der Waals surface area contributed by atoms with Gasteiger partial charge in [-0.1, -0.05) is 108 Å². The third kappa shape index (κ3) is 8.74. The molecule has 6 aromatic rings. The summed E-state index contributed by atoms with van der Waals surface area (Å²) in [5.74, 6) is 0.726. The number of hydrogen-bond acceptors (Lipinski definition) is 8. The van der Waals surface area contributed by atoms with Gasteiger partial charge in [-0.25, -0.2) is 19.6 Å². The molecule has 2 aliphatic heterocycles. The summed E-state index contributed by atoms with van der Waals surface area (Å²) in [4.78, 5) is 72.3. The van der Waals surface area contributed by atoms with Gasteiger partial charge in [-0.05, 0) is 60.1 Å². The molecule has 0 spiro atoms. The number of nitrogens with zero attached hydrogens (tertiary/aromatic N) is 4. The largest absolute Gasteiger partial charge is 0.453 e. The number of methoxy groups -OCH3 is 2. The van der Waals surface area contributed by atoms with Gasteiger partial charge in [0.2, 0.25) is 0 Å². The summed E-state index contributed by atoms with van der Waals surface area (Å²) >= 11 is 12.9. The SMILES string of the molecule is COC(=O)N[C@@H](C(=O)N1CCC[C@H]1c1ncc(-c2ccc(-c3ccc(-c4cnc([C@@H]5CCCN5C(=O)[C@H](NC(=O)OC)c5ccccc5Cl)[nH]4)cc3)cc2)[nH]1)c1ccccc1Cl. The molecular weight excluding hydrogens is 831 g/mol. The molecule has 4 atom stereocenters. The Kier molecular flexibility index (Phi) is 12.6. The van der Waals surface area contributed by atoms with Crippen LogP contribution in [0.1, 0.15) is 72.6 Å². The van der Waals surface area contributed by atoms with E-state index in [-0.39, 0.29) is 23.9 Å². The maximum atomic E-state index is 14.0. The number of rotatable bonds is 11. The second-order valence-electron chi connectivity index (χ2n) is 15.1. The van der Waals surface area contributed by atoms with Crippen molar-refractivity contribution in [2.45, 2.75) is 49.9 Å². The molecule has 2 aromatic heterocycles. The Bertz CT molecular complexity index is 2400. The Morgan fingerprint density at radius 3 is 1.34 bits per heavy atom. The fourth-order valence-electron chi connectivity index (χ4n) is 8.27. The molecule has 2 fully saturated rings. The van der Waals surface area contributed by atoms with Crippen molar-refractivity contribution >= 4 is 47.2 Å². The van der Waals surface area contributed by atoms with Crippen molar-refractivity contribution in [1.29, 1.82) is 0 Å². The van der Waals surface area contributed by atoms with Crippen molar-refractivity contribution in [3.05, 3.63) is 142 Å². The van der Waals surface area contributed by atoms with Crippen LogP contribution in [0.25, 0.3) is 33.6 Å². The number of carbonyl (C=O) groups excluding carboxylic acids is 4. The maximum Gasteiger partial charge on any atom is 0.407 e. The number of alkyl carbamates (subject to hydrolysis) is 2. The molecule has 4 aromatic carbocycles. The summed E-state index contributed by atoms with van der Waals surface area (Å²) in [5, 5.41) is 6.06. The zero-order chi connectivity index (χ0) is 43.3. The number of ether oxygens (including phenoxy) is 2. The van der Waals surface area contributed by atoms with Gasteiger partial charge in [-0.15, -0.1) is 0 Å². The van der Waals surface area contributed by atoms with Gasteiger partial charge in [0.05, 0.1) is 50.1 Å². The van der Waals surface area contributed by atoms with E-state index in [0.29, 0.717) is 58.8 Å². The van der Waals surface area contributed by atoms with E-state index in [1.54, 1.807) is 70.7 Å². The number of hydrogen-bond donors (Lipinski definition) is 4. The minimum atomic E-state index is -1.02. The summed E-state index contributed by atoms with van der Waals surface area (Å²) in [5.41, 5.74) is 6.51. The number of likely N-dealkylation sites (tertiary alicyclic amines) is 2. The molecule has 0 bridgehead atoms. The van der Waals surface area contributed by atoms with Crippen molar-refractivity contribution in [3.8, 4) is 33.6 Å². The topological polar surface area (TPSA) is 175 Å². The predicted molar refractivity (Wildman–Crippen MR) is 234 cm³/mol. The lowest BCUT2D eigenvalue weighted by Crippen LogP contribution is -2.43. The highest BCUT2D eigenvalue weighted by Crippen LogP contribution is 2.37. The Hall–Kier alpha value is -6.64. The molecule has 318 valence electrons. The van der Waals surface area contributed by atoms with E-state index in [0.717, 1.165) is 46.5 Å². The van der Waals surface area contributed by atoms with E-state index in [1.165, 1.54) is 14.2 Å². The first-order valence-corrected chi connectivity index (χ1v) is 21.0. The second-order valence-corrected chi connectivity index (χ2v) is 15.9. The number of H-pyrrole nitrogens is 2. The molecule has 16 heteroatoms. The molecule has 8 rings (SSSR count). The maximum absolute atomic E-state index is 14.0. The first-order valence-electron chi connectivity index (χ1n) is 20.2. The minimum Gasteiger partial charge on any atom is -0.453 e. The second kappa shape index (κ2) is 18.5. The lowest BCUT2D eigenvalue weighted by Gasteiger charge is -2.28. The Morgan fingerprint density at radius 2 is 0.968 bits per heavy atom. The van der Waals surface area contributed by atoms with Gasteiger partial charge in [-0.3, -0.25) is 9.59 Å². The molecule has 4 amide bonds. The lowest BCUT2D eigenvalue weighted by molar-refractivity contribution is -0.135. The molecule has 4 heterocycles. The monoisotopic (exact) mass is 874 g/mol. The van der Waals surface area contributed by atoms with Gasteiger partial charge in [0.15, 0.2) is 0 Å². The summed E-state index contributed by atoms with van der Waals surface area (Å²) in [6.07, 6.45) is 5.05. The summed E-state index contributed by atoms with van der Waals surface area (Å²) in [6, 6.07) is 27.5. The highest BCUT2D eigenvalue weighted by Gasteiger charge is 2.39. The number of halogens is 2. The average molecular weight is 876 g/mol. The first kappa shape index (κ1) is 42.1. The summed E-state index contributed by atoms with van der Waals surface area (Å²) < 4.78 is 9.65. The molecule has 2 aliphatic rings. The van der Waals surface area contributed by atoms with Gasteiger partial charge in [0.1, 0.15) is 23.7 Å². The van der Waals surface area contributed by atoms with E-state index in [9.17, 15) is 19.2 Å². The number of nitrogens with one attached hydrogen (secondary N) is 4. The van der Waals surface area contributed by atoms with Crippen LogP contribution in [0.3, 0.4) is 0 Å². The van der Waals surface area contributed by atoms with Gasteiger partial charge in [0, 0.05) is 34.3 Å². The van der Waals surface area contributed by atoms with E-state index >= 15 is 0 Å². The van der Waals surface area contributed by atoms with Crippen molar-refractivity contribution < 1.29 is 28.7 Å². The number of aromatic amines is 2. The fraction of sp³-hybridized carbons (Fsp3) is 0.261. The van der Waals surface area contributed by atoms with Crippen molar-refractivity contribution in [2.24, 2.45) is 0 Å². The van der Waals surface area contributed by atoms with Gasteiger partial charge >= 0.3 is 12.2 Å². The van der Waals surface area contributed by atoms with Crippen LogP contribution in [0.4, 0.5) is 9.59 Å². The van der Waals surface area contributed by atoms with Crippen LogP contribution in [-0.4, -0.2) is 81.0 Å². The van der Waals surface area contributed by atoms with Gasteiger partial charge in [0.25, 0.3) is 11.8 Å². The van der Waals surface area contributed by atoms with Crippen molar-refractivity contribution in [2.75, 3.05) is 27.3 Å². The van der Waals surface area contributed by atoms with Crippen molar-refractivity contribution in [1.82, 2.24) is 40.4 Å². The van der Waals surface area contributed by atoms with E-state index < -0.39 is 24.3 Å². The van der Waals surface area contributed by atoms with Gasteiger partial charge < -0.3 is 39.9 Å². The number of imidazole rings is 2. The van der Waals surface area contributed by atoms with Crippen molar-refractivity contribution in [3.63, 3.8) is 0 Å². The van der Waals surface area contributed by atoms with Crippen LogP contribution in [0, 0.1) is 0 Å². The van der Waals surface area contributed by atoms with Crippen LogP contribution < -0.4 is 10.6 Å². The van der Waals surface area contributed by atoms with Crippen LogP contribution in [0.2, 0.25) is 10.0 Å². The van der Waals surface area contributed by atoms with Crippen LogP contribution >= 0.6 is 23.2 Å². The lowest BCUT2D eigenvalue weighted by atomic mass is 10.0. The van der Waals surface area contributed by atoms with Crippen LogP contribution in [-0.2, 0) is 19.1 Å². The highest BCUT2D eigenvalue weighted by atomic mass is 35.5. The van der Waals surface area contributed by atoms with Crippen LogP contribution in [0.15, 0.2) is 109 Å². The fourth-order valence-corrected chi connectivity index (χ4v) is 8.76. The third-order valence-corrected chi connectivity index (χ3v) is 12.1. The summed E-state index contributed by atoms with van der Waals surface area (Å²) in [6.45, 7) is 1.00. The molecule has 4 N–H and O–H groups in total. The third-order valence-electron chi connectivity index (χ3n) is 11.4. The Morgan fingerprint density at radius 1 is 0.597 bits per heavy atom. The van der Waals surface area contributed by atoms with E-state index in [1.807, 2.05) is 48.5 Å². The number of carbonyl (C=O) groups is 4. The Balaban J connectivity index is 0.935. The van der Waals surface area contributed by atoms with Crippen LogP contribution in [0.5, 0.6) is 0 Å². The molecule has 0 aliphatic carbocycles. The molecule has 0 unspecified atom stereocenters. The van der Waals surface area contributed by atoms with Gasteiger partial charge in [-0.2, -0.15) is 0 Å². The molecule has 0 radical (unpaired) electrons. The number of benzene rings is 4. The first-order chi connectivity index (χ1) is 30.1. The molecular formula is C46H44Cl2N8O6. The molecule has 0 saturated carbocycles. The number of aromatic nitrogens is 4. The zero-order valence-corrected chi connectivity index (χ0v) is 35.5. The molecule has 62 heavy (non-hydrogen) atoms. The quantitative estimate of drug-likeness (QED) is 0.0998. The zero-order valence-electron chi connectivity index (χ0n) is 33.9. The average Bonchev–Trinajstić information content (AvgIpc) is 4.15. The van der Waals surface area contributed by atoms with E-state index in [2.05, 4.69) is 30.6 Å². The standard InChI is InChI=1S/C46H44Cl2N8O6/c1-61-45(59)53-39(31-9-3-5-11-33(31)47)43(57)55-23-7-13-37(55)41-49-25-35(51-41)29-19-15-27(16-20-29)28-17-21-30(22-18-28)36-26-50-42(52-36)38-14-8-24-56(38)44(58)40(54-46(60)62-2)32-10-4-6-12-34(32)48/h3-6,9-12,15-22,25-26,37-40H,7-8,13-14,23-24H2,1-2H3,(H,49,51)(H,50,52)(H,53,59)(H,54,60)/t37-,38-,39+,40+/m0/s1.